The normalized spacial score (nSPS) is 16.3. The van der Waals surface area contributed by atoms with Gasteiger partial charge in [-0.2, -0.15) is 0 Å². The highest BCUT2D eigenvalue weighted by Gasteiger charge is 2.23. The van der Waals surface area contributed by atoms with Crippen LogP contribution < -0.4 is 0 Å². The van der Waals surface area contributed by atoms with E-state index < -0.39 is 6.10 Å². The topological polar surface area (TPSA) is 33.4 Å². The van der Waals surface area contributed by atoms with Crippen LogP contribution in [0.1, 0.15) is 41.8 Å². The smallest absolute Gasteiger partial charge is 0.138 e. The van der Waals surface area contributed by atoms with Crippen LogP contribution in [-0.4, -0.2) is 5.11 Å². The monoisotopic (exact) mass is 282 g/mol. The van der Waals surface area contributed by atoms with Crippen molar-refractivity contribution in [2.75, 3.05) is 0 Å². The van der Waals surface area contributed by atoms with E-state index in [2.05, 4.69) is 12.1 Å². The Hall–Kier alpha value is -2.13. The zero-order valence-corrected chi connectivity index (χ0v) is 11.4. The number of halogens is 1. The molecule has 1 unspecified atom stereocenters. The number of hydrogen-bond acceptors (Lipinski definition) is 2. The van der Waals surface area contributed by atoms with Crippen molar-refractivity contribution in [3.63, 3.8) is 0 Å². The van der Waals surface area contributed by atoms with Crippen molar-refractivity contribution in [2.24, 2.45) is 0 Å². The number of aliphatic hydroxyl groups is 1. The molecule has 0 bridgehead atoms. The third-order valence-electron chi connectivity index (χ3n) is 4.07. The standard InChI is InChI=1S/C18H15FO2/c19-15-7-8-16-14(9-15)10-17(21-16)18(20)13-5-3-12(4-6-13)11-1-2-11/h3-11,18,20H,1-2H2. The summed E-state index contributed by atoms with van der Waals surface area (Å²) in [5.41, 5.74) is 2.71. The van der Waals surface area contributed by atoms with Gasteiger partial charge in [-0.15, -0.1) is 0 Å². The molecule has 1 aliphatic carbocycles. The van der Waals surface area contributed by atoms with Gasteiger partial charge in [-0.3, -0.25) is 0 Å². The number of benzene rings is 2. The first-order valence-electron chi connectivity index (χ1n) is 7.17. The van der Waals surface area contributed by atoms with E-state index >= 15 is 0 Å². The molecular weight excluding hydrogens is 267 g/mol. The van der Waals surface area contributed by atoms with Gasteiger partial charge in [0, 0.05) is 5.39 Å². The Morgan fingerprint density at radius 3 is 2.52 bits per heavy atom. The molecule has 1 fully saturated rings. The van der Waals surface area contributed by atoms with E-state index in [0.29, 0.717) is 22.6 Å². The Balaban J connectivity index is 1.66. The molecule has 1 saturated carbocycles. The number of rotatable bonds is 3. The Labute approximate surface area is 121 Å². The van der Waals surface area contributed by atoms with Crippen LogP contribution in [-0.2, 0) is 0 Å². The maximum Gasteiger partial charge on any atom is 0.138 e. The molecule has 0 amide bonds. The summed E-state index contributed by atoms with van der Waals surface area (Å²) in [5, 5.41) is 11.1. The average Bonchev–Trinajstić information content (AvgIpc) is 3.26. The molecule has 2 nitrogen and oxygen atoms in total. The van der Waals surface area contributed by atoms with Crippen LogP contribution in [0, 0.1) is 5.82 Å². The summed E-state index contributed by atoms with van der Waals surface area (Å²) in [7, 11) is 0. The predicted molar refractivity (Wildman–Crippen MR) is 78.7 cm³/mol. The summed E-state index contributed by atoms with van der Waals surface area (Å²) in [6, 6.07) is 14.0. The largest absolute Gasteiger partial charge is 0.458 e. The maximum atomic E-state index is 13.2. The highest BCUT2D eigenvalue weighted by atomic mass is 19.1. The zero-order valence-electron chi connectivity index (χ0n) is 11.4. The molecule has 1 heterocycles. The van der Waals surface area contributed by atoms with Crippen LogP contribution in [0.25, 0.3) is 11.0 Å². The number of hydrogen-bond donors (Lipinski definition) is 1. The molecule has 1 N–H and O–H groups in total. The molecule has 4 rings (SSSR count). The highest BCUT2D eigenvalue weighted by molar-refractivity contribution is 5.78. The van der Waals surface area contributed by atoms with Gasteiger partial charge in [0.05, 0.1) is 0 Å². The van der Waals surface area contributed by atoms with Crippen molar-refractivity contribution < 1.29 is 13.9 Å². The predicted octanol–water partition coefficient (Wildman–Crippen LogP) is 4.53. The van der Waals surface area contributed by atoms with E-state index in [1.807, 2.05) is 12.1 Å². The molecule has 2 aromatic carbocycles. The molecule has 3 aromatic rings. The quantitative estimate of drug-likeness (QED) is 0.765. The molecule has 1 atom stereocenters. The summed E-state index contributed by atoms with van der Waals surface area (Å²) < 4.78 is 18.8. The van der Waals surface area contributed by atoms with Gasteiger partial charge in [0.25, 0.3) is 0 Å². The van der Waals surface area contributed by atoms with Gasteiger partial charge in [0.2, 0.25) is 0 Å². The lowest BCUT2D eigenvalue weighted by Crippen LogP contribution is -1.97. The molecule has 0 aliphatic heterocycles. The lowest BCUT2D eigenvalue weighted by atomic mass is 10.0. The van der Waals surface area contributed by atoms with Crippen molar-refractivity contribution in [2.45, 2.75) is 24.9 Å². The molecule has 0 spiro atoms. The van der Waals surface area contributed by atoms with Gasteiger partial charge >= 0.3 is 0 Å². The molecule has 21 heavy (non-hydrogen) atoms. The lowest BCUT2D eigenvalue weighted by molar-refractivity contribution is 0.192. The molecule has 1 aromatic heterocycles. The first-order chi connectivity index (χ1) is 10.2. The number of furan rings is 1. The lowest BCUT2D eigenvalue weighted by Gasteiger charge is -2.08. The average molecular weight is 282 g/mol. The Kier molecular flexibility index (Phi) is 2.82. The summed E-state index contributed by atoms with van der Waals surface area (Å²) in [4.78, 5) is 0. The van der Waals surface area contributed by atoms with E-state index in [9.17, 15) is 9.50 Å². The van der Waals surface area contributed by atoms with E-state index in [1.54, 1.807) is 12.1 Å². The second-order valence-corrected chi connectivity index (χ2v) is 5.67. The molecule has 0 radical (unpaired) electrons. The van der Waals surface area contributed by atoms with Gasteiger partial charge in [-0.05, 0) is 54.2 Å². The first-order valence-corrected chi connectivity index (χ1v) is 7.17. The van der Waals surface area contributed by atoms with E-state index in [0.717, 1.165) is 5.56 Å². The van der Waals surface area contributed by atoms with Gasteiger partial charge in [0.15, 0.2) is 0 Å². The highest BCUT2D eigenvalue weighted by Crippen LogP contribution is 2.40. The van der Waals surface area contributed by atoms with Crippen molar-refractivity contribution in [1.29, 1.82) is 0 Å². The molecule has 106 valence electrons. The van der Waals surface area contributed by atoms with E-state index in [4.69, 9.17) is 4.42 Å². The van der Waals surface area contributed by atoms with E-state index in [-0.39, 0.29) is 5.82 Å². The van der Waals surface area contributed by atoms with Crippen LogP contribution in [0.5, 0.6) is 0 Å². The summed E-state index contributed by atoms with van der Waals surface area (Å²) in [5.74, 6) is 0.832. The van der Waals surface area contributed by atoms with Crippen LogP contribution in [0.4, 0.5) is 4.39 Å². The van der Waals surface area contributed by atoms with Gasteiger partial charge in [0.1, 0.15) is 23.3 Å². The third-order valence-corrected chi connectivity index (χ3v) is 4.07. The summed E-state index contributed by atoms with van der Waals surface area (Å²) >= 11 is 0. The second kappa shape index (κ2) is 4.71. The molecular formula is C18H15FO2. The van der Waals surface area contributed by atoms with Crippen molar-refractivity contribution in [1.82, 2.24) is 0 Å². The molecule has 3 heteroatoms. The van der Waals surface area contributed by atoms with Crippen molar-refractivity contribution in [3.8, 4) is 0 Å². The van der Waals surface area contributed by atoms with Crippen molar-refractivity contribution in [3.05, 3.63) is 71.2 Å². The number of fused-ring (bicyclic) bond motifs is 1. The minimum absolute atomic E-state index is 0.307. The van der Waals surface area contributed by atoms with Crippen LogP contribution in [0.15, 0.2) is 52.9 Å². The fourth-order valence-corrected chi connectivity index (χ4v) is 2.70. The van der Waals surface area contributed by atoms with E-state index in [1.165, 1.54) is 30.5 Å². The molecule has 1 aliphatic rings. The third kappa shape index (κ3) is 2.34. The Morgan fingerprint density at radius 2 is 1.81 bits per heavy atom. The molecule has 0 saturated heterocycles. The summed E-state index contributed by atoms with van der Waals surface area (Å²) in [6.07, 6.45) is 1.70. The minimum atomic E-state index is -0.825. The second-order valence-electron chi connectivity index (χ2n) is 5.67. The first kappa shape index (κ1) is 12.6. The van der Waals surface area contributed by atoms with Crippen molar-refractivity contribution >= 4 is 11.0 Å². The summed E-state index contributed by atoms with van der Waals surface area (Å²) in [6.45, 7) is 0. The fourth-order valence-electron chi connectivity index (χ4n) is 2.70. The SMILES string of the molecule is OC(c1ccc(C2CC2)cc1)c1cc2cc(F)ccc2o1. The fraction of sp³-hybridized carbons (Fsp3) is 0.222. The van der Waals surface area contributed by atoms with Crippen LogP contribution >= 0.6 is 0 Å². The minimum Gasteiger partial charge on any atom is -0.458 e. The van der Waals surface area contributed by atoms with Gasteiger partial charge in [-0.25, -0.2) is 4.39 Å². The van der Waals surface area contributed by atoms with Crippen LogP contribution in [0.2, 0.25) is 0 Å². The zero-order chi connectivity index (χ0) is 14.4. The van der Waals surface area contributed by atoms with Crippen LogP contribution in [0.3, 0.4) is 0 Å². The maximum absolute atomic E-state index is 13.2. The van der Waals surface area contributed by atoms with Gasteiger partial charge < -0.3 is 9.52 Å². The number of aliphatic hydroxyl groups excluding tert-OH is 1. The van der Waals surface area contributed by atoms with Gasteiger partial charge in [-0.1, -0.05) is 24.3 Å². The Morgan fingerprint density at radius 1 is 1.05 bits per heavy atom. The Bertz CT molecular complexity index is 785.